The van der Waals surface area contributed by atoms with Crippen LogP contribution in [-0.2, 0) is 5.75 Å². The van der Waals surface area contributed by atoms with Crippen molar-refractivity contribution < 1.29 is 13.9 Å². The number of hydrogen-bond donors (Lipinski definition) is 1. The molecule has 4 rings (SSSR count). The SMILES string of the molecule is O=c1cc(CSc2nnc(-c3cccnc3)o2)c2ccc(O)cc2o1. The van der Waals surface area contributed by atoms with Crippen LogP contribution < -0.4 is 5.63 Å². The van der Waals surface area contributed by atoms with E-state index in [-0.39, 0.29) is 5.75 Å². The van der Waals surface area contributed by atoms with Crippen molar-refractivity contribution in [3.8, 4) is 17.2 Å². The van der Waals surface area contributed by atoms with Crippen LogP contribution in [0.5, 0.6) is 5.75 Å². The standard InChI is InChI=1S/C17H11N3O4S/c21-12-3-4-13-11(6-15(22)23-14(13)7-12)9-25-17-20-19-16(24-17)10-2-1-5-18-8-10/h1-8,21H,9H2. The highest BCUT2D eigenvalue weighted by Gasteiger charge is 2.12. The van der Waals surface area contributed by atoms with Crippen LogP contribution in [-0.4, -0.2) is 20.3 Å². The lowest BCUT2D eigenvalue weighted by molar-refractivity contribution is 0.465. The van der Waals surface area contributed by atoms with Crippen LogP contribution in [0.1, 0.15) is 5.56 Å². The lowest BCUT2D eigenvalue weighted by Crippen LogP contribution is -1.99. The van der Waals surface area contributed by atoms with E-state index < -0.39 is 5.63 Å². The zero-order valence-electron chi connectivity index (χ0n) is 12.7. The molecule has 0 radical (unpaired) electrons. The first-order valence-corrected chi connectivity index (χ1v) is 8.30. The second-order valence-corrected chi connectivity index (χ2v) is 6.10. The number of pyridine rings is 1. The second-order valence-electron chi connectivity index (χ2n) is 5.17. The zero-order chi connectivity index (χ0) is 17.2. The van der Waals surface area contributed by atoms with Gasteiger partial charge in [0.05, 0.1) is 5.56 Å². The summed E-state index contributed by atoms with van der Waals surface area (Å²) in [7, 11) is 0. The maximum Gasteiger partial charge on any atom is 0.336 e. The molecule has 25 heavy (non-hydrogen) atoms. The maximum atomic E-state index is 11.7. The fourth-order valence-corrected chi connectivity index (χ4v) is 3.11. The summed E-state index contributed by atoms with van der Waals surface area (Å²) in [5.74, 6) is 0.873. The van der Waals surface area contributed by atoms with Crippen molar-refractivity contribution >= 4 is 22.7 Å². The normalized spacial score (nSPS) is 11.0. The Morgan fingerprint density at radius 2 is 2.04 bits per heavy atom. The third-order valence-electron chi connectivity index (χ3n) is 3.48. The first kappa shape index (κ1) is 15.4. The van der Waals surface area contributed by atoms with Crippen LogP contribution >= 0.6 is 11.8 Å². The van der Waals surface area contributed by atoms with Gasteiger partial charge in [-0.25, -0.2) is 4.79 Å². The van der Waals surface area contributed by atoms with E-state index >= 15 is 0 Å². The van der Waals surface area contributed by atoms with Gasteiger partial charge in [-0.15, -0.1) is 10.2 Å². The van der Waals surface area contributed by atoms with E-state index in [2.05, 4.69) is 15.2 Å². The Kier molecular flexibility index (Phi) is 3.95. The number of benzene rings is 1. The van der Waals surface area contributed by atoms with E-state index in [1.807, 2.05) is 6.07 Å². The van der Waals surface area contributed by atoms with Crippen molar-refractivity contribution in [3.63, 3.8) is 0 Å². The number of aromatic nitrogens is 3. The van der Waals surface area contributed by atoms with Crippen LogP contribution in [0, 0.1) is 0 Å². The molecule has 0 fully saturated rings. The molecule has 0 atom stereocenters. The number of nitrogens with zero attached hydrogens (tertiary/aromatic N) is 3. The molecule has 0 bridgehead atoms. The van der Waals surface area contributed by atoms with Crippen LogP contribution in [0.15, 0.2) is 67.6 Å². The third kappa shape index (κ3) is 3.24. The van der Waals surface area contributed by atoms with Gasteiger partial charge in [0, 0.05) is 35.7 Å². The summed E-state index contributed by atoms with van der Waals surface area (Å²) < 4.78 is 10.7. The maximum absolute atomic E-state index is 11.7. The Labute approximate surface area is 145 Å². The van der Waals surface area contributed by atoms with Gasteiger partial charge in [0.1, 0.15) is 11.3 Å². The fourth-order valence-electron chi connectivity index (χ4n) is 2.35. The van der Waals surface area contributed by atoms with Crippen molar-refractivity contribution in [2.45, 2.75) is 11.0 Å². The molecule has 1 N–H and O–H groups in total. The molecule has 8 heteroatoms. The third-order valence-corrected chi connectivity index (χ3v) is 4.35. The molecule has 0 spiro atoms. The summed E-state index contributed by atoms with van der Waals surface area (Å²) in [6, 6.07) is 9.71. The average molecular weight is 353 g/mol. The highest BCUT2D eigenvalue weighted by atomic mass is 32.2. The Morgan fingerprint density at radius 1 is 1.12 bits per heavy atom. The minimum atomic E-state index is -0.477. The van der Waals surface area contributed by atoms with E-state index in [0.29, 0.717) is 22.4 Å². The summed E-state index contributed by atoms with van der Waals surface area (Å²) in [5, 5.41) is 18.7. The summed E-state index contributed by atoms with van der Waals surface area (Å²) in [6.45, 7) is 0. The average Bonchev–Trinajstić information content (AvgIpc) is 3.09. The Bertz CT molecular complexity index is 1090. The lowest BCUT2D eigenvalue weighted by Gasteiger charge is -2.04. The summed E-state index contributed by atoms with van der Waals surface area (Å²) in [6.07, 6.45) is 3.31. The lowest BCUT2D eigenvalue weighted by atomic mass is 10.1. The van der Waals surface area contributed by atoms with Crippen molar-refractivity contribution in [1.82, 2.24) is 15.2 Å². The Morgan fingerprint density at radius 3 is 2.88 bits per heavy atom. The van der Waals surface area contributed by atoms with Crippen LogP contribution in [0.3, 0.4) is 0 Å². The molecule has 124 valence electrons. The minimum Gasteiger partial charge on any atom is -0.508 e. The summed E-state index contributed by atoms with van der Waals surface area (Å²) in [4.78, 5) is 15.7. The predicted octanol–water partition coefficient (Wildman–Crippen LogP) is 3.24. The zero-order valence-corrected chi connectivity index (χ0v) is 13.6. The van der Waals surface area contributed by atoms with Crippen molar-refractivity contribution in [2.75, 3.05) is 0 Å². The van der Waals surface area contributed by atoms with Gasteiger partial charge in [-0.2, -0.15) is 0 Å². The molecule has 7 nitrogen and oxygen atoms in total. The Balaban J connectivity index is 1.59. The quantitative estimate of drug-likeness (QED) is 0.441. The smallest absolute Gasteiger partial charge is 0.336 e. The molecule has 0 unspecified atom stereocenters. The summed E-state index contributed by atoms with van der Waals surface area (Å²) in [5.41, 5.74) is 1.36. The number of thioether (sulfide) groups is 1. The molecule has 4 aromatic rings. The van der Waals surface area contributed by atoms with Gasteiger partial charge in [0.2, 0.25) is 5.89 Å². The largest absolute Gasteiger partial charge is 0.508 e. The molecule has 0 saturated heterocycles. The van der Waals surface area contributed by atoms with Gasteiger partial charge in [-0.3, -0.25) is 4.98 Å². The molecule has 0 amide bonds. The van der Waals surface area contributed by atoms with Gasteiger partial charge in [-0.05, 0) is 29.8 Å². The number of rotatable bonds is 4. The Hall–Kier alpha value is -3.13. The van der Waals surface area contributed by atoms with Gasteiger partial charge in [0.15, 0.2) is 0 Å². The van der Waals surface area contributed by atoms with E-state index in [1.54, 1.807) is 30.6 Å². The number of aromatic hydroxyl groups is 1. The fraction of sp³-hybridized carbons (Fsp3) is 0.0588. The molecule has 0 aliphatic heterocycles. The molecule has 3 aromatic heterocycles. The van der Waals surface area contributed by atoms with Gasteiger partial charge in [0.25, 0.3) is 5.22 Å². The van der Waals surface area contributed by atoms with E-state index in [4.69, 9.17) is 8.83 Å². The first-order valence-electron chi connectivity index (χ1n) is 7.31. The van der Waals surface area contributed by atoms with Crippen molar-refractivity contribution in [1.29, 1.82) is 0 Å². The number of fused-ring (bicyclic) bond motifs is 1. The van der Waals surface area contributed by atoms with E-state index in [0.717, 1.165) is 16.5 Å². The first-order chi connectivity index (χ1) is 12.2. The molecule has 0 saturated carbocycles. The van der Waals surface area contributed by atoms with Crippen LogP contribution in [0.2, 0.25) is 0 Å². The molecular formula is C17H11N3O4S. The predicted molar refractivity (Wildman–Crippen MR) is 91.2 cm³/mol. The minimum absolute atomic E-state index is 0.0402. The van der Waals surface area contributed by atoms with E-state index in [1.165, 1.54) is 23.9 Å². The molecule has 0 aliphatic carbocycles. The van der Waals surface area contributed by atoms with Crippen LogP contribution in [0.4, 0.5) is 0 Å². The van der Waals surface area contributed by atoms with Gasteiger partial charge in [-0.1, -0.05) is 11.8 Å². The van der Waals surface area contributed by atoms with Gasteiger partial charge >= 0.3 is 5.63 Å². The topological polar surface area (TPSA) is 102 Å². The number of phenols is 1. The van der Waals surface area contributed by atoms with Crippen LogP contribution in [0.25, 0.3) is 22.4 Å². The highest BCUT2D eigenvalue weighted by molar-refractivity contribution is 7.98. The number of phenolic OH excluding ortho intramolecular Hbond substituents is 1. The van der Waals surface area contributed by atoms with E-state index in [9.17, 15) is 9.90 Å². The van der Waals surface area contributed by atoms with Gasteiger partial charge < -0.3 is 13.9 Å². The monoisotopic (exact) mass is 353 g/mol. The molecular weight excluding hydrogens is 342 g/mol. The summed E-state index contributed by atoms with van der Waals surface area (Å²) >= 11 is 1.31. The second kappa shape index (κ2) is 6.40. The molecule has 0 aliphatic rings. The number of hydrogen-bond acceptors (Lipinski definition) is 8. The van der Waals surface area contributed by atoms with Crippen molar-refractivity contribution in [2.24, 2.45) is 0 Å². The van der Waals surface area contributed by atoms with Crippen molar-refractivity contribution in [3.05, 3.63) is 64.8 Å². The molecule has 1 aromatic carbocycles. The molecule has 3 heterocycles. The highest BCUT2D eigenvalue weighted by Crippen LogP contribution is 2.29.